The van der Waals surface area contributed by atoms with E-state index >= 15 is 0 Å². The van der Waals surface area contributed by atoms with Crippen LogP contribution in [0.25, 0.3) is 0 Å². The third kappa shape index (κ3) is 2.04. The van der Waals surface area contributed by atoms with Gasteiger partial charge < -0.3 is 9.84 Å². The average molecular weight is 263 g/mol. The van der Waals surface area contributed by atoms with Crippen LogP contribution in [-0.2, 0) is 4.74 Å². The van der Waals surface area contributed by atoms with Crippen LogP contribution >= 0.6 is 15.9 Å². The largest absolute Gasteiger partial charge is 0.507 e. The summed E-state index contributed by atoms with van der Waals surface area (Å²) in [6, 6.07) is 2.16. The number of carbonyl (C=O) groups excluding carboxylic acids is 1. The summed E-state index contributed by atoms with van der Waals surface area (Å²) in [6.07, 6.45) is 0. The maximum absolute atomic E-state index is 13.2. The topological polar surface area (TPSA) is 46.5 Å². The number of rotatable bonds is 2. The highest BCUT2D eigenvalue weighted by Crippen LogP contribution is 2.29. The van der Waals surface area contributed by atoms with Gasteiger partial charge in [0.25, 0.3) is 0 Å². The lowest BCUT2D eigenvalue weighted by atomic mass is 10.2. The smallest absolute Gasteiger partial charge is 0.342 e. The minimum atomic E-state index is -0.798. The molecule has 0 radical (unpaired) electrons. The summed E-state index contributed by atoms with van der Waals surface area (Å²) in [5.74, 6) is -1.73. The van der Waals surface area contributed by atoms with Crippen molar-refractivity contribution in [3.05, 3.63) is 28.0 Å². The van der Waals surface area contributed by atoms with E-state index < -0.39 is 11.8 Å². The Morgan fingerprint density at radius 1 is 1.64 bits per heavy atom. The van der Waals surface area contributed by atoms with Gasteiger partial charge in [-0.25, -0.2) is 9.18 Å². The van der Waals surface area contributed by atoms with Crippen molar-refractivity contribution in [1.29, 1.82) is 0 Å². The van der Waals surface area contributed by atoms with Crippen LogP contribution in [0.3, 0.4) is 0 Å². The first-order valence-electron chi connectivity index (χ1n) is 3.92. The van der Waals surface area contributed by atoms with Gasteiger partial charge in [-0.05, 0) is 35.0 Å². The van der Waals surface area contributed by atoms with Crippen LogP contribution in [0.5, 0.6) is 5.75 Å². The summed E-state index contributed by atoms with van der Waals surface area (Å²) >= 11 is 2.91. The van der Waals surface area contributed by atoms with Crippen LogP contribution in [0.15, 0.2) is 16.6 Å². The van der Waals surface area contributed by atoms with Crippen molar-refractivity contribution in [2.75, 3.05) is 6.61 Å². The number of benzene rings is 1. The van der Waals surface area contributed by atoms with E-state index in [-0.39, 0.29) is 22.4 Å². The molecular formula is C9H8BrFO3. The molecule has 1 aromatic carbocycles. The first-order valence-corrected chi connectivity index (χ1v) is 4.71. The van der Waals surface area contributed by atoms with Gasteiger partial charge in [0.05, 0.1) is 11.1 Å². The minimum absolute atomic E-state index is 0.0101. The summed E-state index contributed by atoms with van der Waals surface area (Å²) in [5.41, 5.74) is -0.285. The van der Waals surface area contributed by atoms with Gasteiger partial charge in [-0.1, -0.05) is 0 Å². The zero-order chi connectivity index (χ0) is 10.7. The number of phenols is 1. The molecule has 14 heavy (non-hydrogen) atoms. The highest BCUT2D eigenvalue weighted by Gasteiger charge is 2.19. The number of phenolic OH excluding ortho intramolecular Hbond substituents is 1. The molecule has 0 spiro atoms. The molecule has 0 aliphatic rings. The van der Waals surface area contributed by atoms with Crippen molar-refractivity contribution in [2.45, 2.75) is 6.92 Å². The number of ether oxygens (including phenoxy) is 1. The first kappa shape index (κ1) is 11.0. The SMILES string of the molecule is CCOC(=O)c1c(F)ccc(O)c1Br. The van der Waals surface area contributed by atoms with Crippen LogP contribution in [0.4, 0.5) is 4.39 Å². The Hall–Kier alpha value is -1.10. The third-order valence-electron chi connectivity index (χ3n) is 1.55. The Morgan fingerprint density at radius 2 is 2.29 bits per heavy atom. The Bertz CT molecular complexity index is 365. The lowest BCUT2D eigenvalue weighted by Crippen LogP contribution is -2.08. The molecule has 0 saturated carbocycles. The lowest BCUT2D eigenvalue weighted by Gasteiger charge is -2.06. The molecular weight excluding hydrogens is 255 g/mol. The number of hydrogen-bond acceptors (Lipinski definition) is 3. The van der Waals surface area contributed by atoms with E-state index in [1.165, 1.54) is 0 Å². The predicted octanol–water partition coefficient (Wildman–Crippen LogP) is 2.47. The van der Waals surface area contributed by atoms with Gasteiger partial charge in [0.2, 0.25) is 0 Å². The molecule has 76 valence electrons. The Labute approximate surface area is 88.6 Å². The second-order valence-corrected chi connectivity index (χ2v) is 3.27. The fourth-order valence-electron chi connectivity index (χ4n) is 0.932. The normalized spacial score (nSPS) is 9.93. The number of carbonyl (C=O) groups is 1. The summed E-state index contributed by atoms with van der Waals surface area (Å²) in [7, 11) is 0. The zero-order valence-corrected chi connectivity index (χ0v) is 8.97. The van der Waals surface area contributed by atoms with E-state index in [9.17, 15) is 14.3 Å². The molecule has 0 aromatic heterocycles. The van der Waals surface area contributed by atoms with Crippen molar-refractivity contribution in [3.63, 3.8) is 0 Å². The molecule has 0 aliphatic heterocycles. The molecule has 0 unspecified atom stereocenters. The van der Waals surface area contributed by atoms with Gasteiger partial charge in [0, 0.05) is 0 Å². The molecule has 5 heteroatoms. The number of halogens is 2. The van der Waals surface area contributed by atoms with Crippen molar-refractivity contribution in [2.24, 2.45) is 0 Å². The van der Waals surface area contributed by atoms with E-state index in [4.69, 9.17) is 0 Å². The van der Waals surface area contributed by atoms with E-state index in [1.807, 2.05) is 0 Å². The zero-order valence-electron chi connectivity index (χ0n) is 7.38. The maximum atomic E-state index is 13.2. The van der Waals surface area contributed by atoms with Gasteiger partial charge in [-0.3, -0.25) is 0 Å². The quantitative estimate of drug-likeness (QED) is 0.834. The molecule has 0 atom stereocenters. The second-order valence-electron chi connectivity index (χ2n) is 2.48. The van der Waals surface area contributed by atoms with Gasteiger partial charge in [-0.15, -0.1) is 0 Å². The van der Waals surface area contributed by atoms with Gasteiger partial charge in [0.1, 0.15) is 17.1 Å². The monoisotopic (exact) mass is 262 g/mol. The van der Waals surface area contributed by atoms with Gasteiger partial charge in [-0.2, -0.15) is 0 Å². The number of hydrogen-bond donors (Lipinski definition) is 1. The summed E-state index contributed by atoms with van der Waals surface area (Å²) in [6.45, 7) is 1.77. The molecule has 1 N–H and O–H groups in total. The van der Waals surface area contributed by atoms with Crippen molar-refractivity contribution >= 4 is 21.9 Å². The fourth-order valence-corrected chi connectivity index (χ4v) is 1.42. The van der Waals surface area contributed by atoms with Crippen LogP contribution in [0, 0.1) is 5.82 Å². The van der Waals surface area contributed by atoms with Crippen molar-refractivity contribution in [1.82, 2.24) is 0 Å². The second kappa shape index (κ2) is 4.41. The lowest BCUT2D eigenvalue weighted by molar-refractivity contribution is 0.0519. The molecule has 0 aliphatic carbocycles. The Kier molecular flexibility index (Phi) is 3.46. The highest BCUT2D eigenvalue weighted by molar-refractivity contribution is 9.10. The number of esters is 1. The highest BCUT2D eigenvalue weighted by atomic mass is 79.9. The van der Waals surface area contributed by atoms with Gasteiger partial charge in [0.15, 0.2) is 0 Å². The molecule has 0 fully saturated rings. The van der Waals surface area contributed by atoms with E-state index in [0.29, 0.717) is 0 Å². The minimum Gasteiger partial charge on any atom is -0.507 e. The molecule has 0 amide bonds. The van der Waals surface area contributed by atoms with E-state index in [2.05, 4.69) is 20.7 Å². The first-order chi connectivity index (χ1) is 6.57. The van der Waals surface area contributed by atoms with Crippen LogP contribution in [0.2, 0.25) is 0 Å². The van der Waals surface area contributed by atoms with E-state index in [0.717, 1.165) is 12.1 Å². The Morgan fingerprint density at radius 3 is 2.86 bits per heavy atom. The fraction of sp³-hybridized carbons (Fsp3) is 0.222. The average Bonchev–Trinajstić information content (AvgIpc) is 2.13. The molecule has 3 nitrogen and oxygen atoms in total. The molecule has 0 heterocycles. The molecule has 0 bridgehead atoms. The van der Waals surface area contributed by atoms with Gasteiger partial charge >= 0.3 is 5.97 Å². The predicted molar refractivity (Wildman–Crippen MR) is 51.7 cm³/mol. The Balaban J connectivity index is 3.18. The van der Waals surface area contributed by atoms with Crippen LogP contribution in [-0.4, -0.2) is 17.7 Å². The van der Waals surface area contributed by atoms with Crippen molar-refractivity contribution in [3.8, 4) is 5.75 Å². The summed E-state index contributed by atoms with van der Waals surface area (Å²) < 4.78 is 17.8. The maximum Gasteiger partial charge on any atom is 0.342 e. The van der Waals surface area contributed by atoms with Crippen LogP contribution in [0.1, 0.15) is 17.3 Å². The summed E-state index contributed by atoms with van der Waals surface area (Å²) in [4.78, 5) is 11.2. The summed E-state index contributed by atoms with van der Waals surface area (Å²) in [5, 5.41) is 9.22. The standard InChI is InChI=1S/C9H8BrFO3/c1-2-14-9(13)7-5(11)3-4-6(12)8(7)10/h3-4,12H,2H2,1H3. The number of aromatic hydroxyl groups is 1. The molecule has 1 rings (SSSR count). The van der Waals surface area contributed by atoms with Crippen LogP contribution < -0.4 is 0 Å². The molecule has 1 aromatic rings. The van der Waals surface area contributed by atoms with Crippen molar-refractivity contribution < 1.29 is 19.0 Å². The van der Waals surface area contributed by atoms with E-state index in [1.54, 1.807) is 6.92 Å². The third-order valence-corrected chi connectivity index (χ3v) is 2.35. The molecule has 0 saturated heterocycles.